The first kappa shape index (κ1) is 36.4. The third-order valence-corrected chi connectivity index (χ3v) is 8.32. The largest absolute Gasteiger partial charge is 0.494 e. The van der Waals surface area contributed by atoms with Crippen LogP contribution in [0.15, 0.2) is 102 Å². The van der Waals surface area contributed by atoms with E-state index in [1.54, 1.807) is 54.6 Å². The first-order valence-corrected chi connectivity index (χ1v) is 16.6. The van der Waals surface area contributed by atoms with E-state index < -0.39 is 11.8 Å². The van der Waals surface area contributed by atoms with Gasteiger partial charge in [-0.05, 0) is 97.8 Å². The van der Waals surface area contributed by atoms with Crippen LogP contribution in [0.2, 0.25) is 0 Å². The number of thioether (sulfide) groups is 1. The fourth-order valence-electron chi connectivity index (χ4n) is 4.58. The summed E-state index contributed by atoms with van der Waals surface area (Å²) in [6.07, 6.45) is 3.58. The maximum absolute atomic E-state index is 13.6. The molecule has 3 amide bonds. The number of ether oxygens (including phenoxy) is 4. The van der Waals surface area contributed by atoms with Gasteiger partial charge in [-0.25, -0.2) is 0 Å². The summed E-state index contributed by atoms with van der Waals surface area (Å²) in [6.45, 7) is 4.60. The number of unbranched alkanes of at least 4 members (excludes halogenated alkanes) is 1. The Hall–Kier alpha value is -5.42. The van der Waals surface area contributed by atoms with Gasteiger partial charge in [-0.3, -0.25) is 14.4 Å². The number of hydrogen-bond acceptors (Lipinski definition) is 8. The molecule has 0 aliphatic heterocycles. The predicted molar refractivity (Wildman–Crippen MR) is 194 cm³/mol. The zero-order chi connectivity index (χ0) is 35.2. The van der Waals surface area contributed by atoms with E-state index in [9.17, 15) is 14.4 Å². The van der Waals surface area contributed by atoms with Crippen molar-refractivity contribution in [1.29, 1.82) is 0 Å². The van der Waals surface area contributed by atoms with E-state index in [1.807, 2.05) is 43.3 Å². The number of benzene rings is 4. The Morgan fingerprint density at radius 1 is 0.796 bits per heavy atom. The summed E-state index contributed by atoms with van der Waals surface area (Å²) in [5.41, 5.74) is 2.10. The second-order valence-corrected chi connectivity index (χ2v) is 12.2. The van der Waals surface area contributed by atoms with Gasteiger partial charge in [0.25, 0.3) is 11.8 Å². The molecule has 10 nitrogen and oxygen atoms in total. The molecule has 0 spiro atoms. The predicted octanol–water partition coefficient (Wildman–Crippen LogP) is 7.42. The lowest BCUT2D eigenvalue weighted by molar-refractivity contribution is -0.115. The number of methoxy groups -OCH3 is 3. The number of nitrogens with one attached hydrogen (secondary N) is 3. The van der Waals surface area contributed by atoms with E-state index in [2.05, 4.69) is 22.9 Å². The molecule has 11 heteroatoms. The Labute approximate surface area is 291 Å². The van der Waals surface area contributed by atoms with Crippen molar-refractivity contribution in [3.8, 4) is 23.0 Å². The topological polar surface area (TPSA) is 124 Å². The van der Waals surface area contributed by atoms with E-state index in [0.29, 0.717) is 46.4 Å². The second kappa shape index (κ2) is 18.2. The van der Waals surface area contributed by atoms with E-state index >= 15 is 0 Å². The monoisotopic (exact) mass is 683 g/mol. The molecule has 0 aromatic heterocycles. The van der Waals surface area contributed by atoms with Crippen molar-refractivity contribution in [2.45, 2.75) is 36.8 Å². The molecule has 0 saturated heterocycles. The first-order chi connectivity index (χ1) is 23.7. The van der Waals surface area contributed by atoms with Gasteiger partial charge in [-0.15, -0.1) is 11.8 Å². The van der Waals surface area contributed by atoms with Crippen LogP contribution in [-0.2, 0) is 9.59 Å². The van der Waals surface area contributed by atoms with Crippen molar-refractivity contribution in [2.24, 2.45) is 0 Å². The van der Waals surface area contributed by atoms with Gasteiger partial charge in [-0.2, -0.15) is 0 Å². The quantitative estimate of drug-likeness (QED) is 0.0634. The highest BCUT2D eigenvalue weighted by Crippen LogP contribution is 2.38. The van der Waals surface area contributed by atoms with Gasteiger partial charge in [0.2, 0.25) is 11.7 Å². The lowest BCUT2D eigenvalue weighted by Crippen LogP contribution is -2.30. The highest BCUT2D eigenvalue weighted by atomic mass is 32.2. The first-order valence-electron chi connectivity index (χ1n) is 15.7. The van der Waals surface area contributed by atoms with Crippen LogP contribution in [0.5, 0.6) is 23.0 Å². The summed E-state index contributed by atoms with van der Waals surface area (Å²) < 4.78 is 22.0. The molecular weight excluding hydrogens is 642 g/mol. The Morgan fingerprint density at radius 3 is 2.00 bits per heavy atom. The summed E-state index contributed by atoms with van der Waals surface area (Å²) >= 11 is 1.39. The van der Waals surface area contributed by atoms with E-state index in [-0.39, 0.29) is 16.9 Å². The molecule has 4 aromatic rings. The van der Waals surface area contributed by atoms with Crippen LogP contribution in [-0.4, -0.2) is 50.9 Å². The van der Waals surface area contributed by atoms with Crippen molar-refractivity contribution in [3.05, 3.63) is 108 Å². The molecule has 49 heavy (non-hydrogen) atoms. The van der Waals surface area contributed by atoms with Gasteiger partial charge in [0, 0.05) is 21.8 Å². The molecule has 0 heterocycles. The lowest BCUT2D eigenvalue weighted by Gasteiger charge is -2.15. The molecule has 256 valence electrons. The van der Waals surface area contributed by atoms with Crippen molar-refractivity contribution < 1.29 is 33.3 Å². The van der Waals surface area contributed by atoms with Crippen molar-refractivity contribution >= 4 is 46.9 Å². The van der Waals surface area contributed by atoms with Crippen LogP contribution in [0.1, 0.15) is 42.6 Å². The summed E-state index contributed by atoms with van der Waals surface area (Å²) in [5, 5.41) is 8.13. The normalized spacial score (nSPS) is 11.6. The van der Waals surface area contributed by atoms with Gasteiger partial charge < -0.3 is 34.9 Å². The third-order valence-electron chi connectivity index (χ3n) is 7.21. The Morgan fingerprint density at radius 2 is 1.41 bits per heavy atom. The molecule has 0 bridgehead atoms. The van der Waals surface area contributed by atoms with Gasteiger partial charge in [0.1, 0.15) is 11.4 Å². The molecule has 3 N–H and O–H groups in total. The zero-order valence-electron chi connectivity index (χ0n) is 28.2. The molecule has 1 unspecified atom stereocenters. The van der Waals surface area contributed by atoms with Crippen LogP contribution < -0.4 is 34.9 Å². The van der Waals surface area contributed by atoms with Crippen molar-refractivity contribution in [3.63, 3.8) is 0 Å². The molecule has 0 fully saturated rings. The lowest BCUT2D eigenvalue weighted by atomic mass is 10.1. The molecule has 0 saturated carbocycles. The number of hydrogen-bond donors (Lipinski definition) is 3. The summed E-state index contributed by atoms with van der Waals surface area (Å²) in [4.78, 5) is 40.4. The molecular formula is C38H41N3O7S. The molecule has 1 atom stereocenters. The van der Waals surface area contributed by atoms with Crippen molar-refractivity contribution in [2.75, 3.05) is 38.6 Å². The van der Waals surface area contributed by atoms with Crippen LogP contribution in [0.3, 0.4) is 0 Å². The summed E-state index contributed by atoms with van der Waals surface area (Å²) in [7, 11) is 4.49. The fourth-order valence-corrected chi connectivity index (χ4v) is 5.45. The van der Waals surface area contributed by atoms with Gasteiger partial charge in [0.05, 0.1) is 33.2 Å². The second-order valence-electron chi connectivity index (χ2n) is 10.8. The molecule has 4 aromatic carbocycles. The molecule has 0 aliphatic rings. The maximum atomic E-state index is 13.6. The SMILES string of the molecule is CCCCOc1ccc(NC(=O)C(C)Sc2ccc(NC(=O)/C(=C/c3cc(OC)c(OC)c(OC)c3)NC(=O)c3ccccc3)cc2)cc1. The summed E-state index contributed by atoms with van der Waals surface area (Å²) in [5.74, 6) is 0.805. The van der Waals surface area contributed by atoms with Crippen LogP contribution in [0, 0.1) is 0 Å². The number of carbonyl (C=O) groups excluding carboxylic acids is 3. The van der Waals surface area contributed by atoms with E-state index in [4.69, 9.17) is 18.9 Å². The van der Waals surface area contributed by atoms with E-state index in [0.717, 1.165) is 23.5 Å². The minimum absolute atomic E-state index is 0.00701. The highest BCUT2D eigenvalue weighted by Gasteiger charge is 2.19. The van der Waals surface area contributed by atoms with Gasteiger partial charge in [-0.1, -0.05) is 31.5 Å². The number of carbonyl (C=O) groups is 3. The highest BCUT2D eigenvalue weighted by molar-refractivity contribution is 8.00. The molecule has 0 radical (unpaired) electrons. The Kier molecular flexibility index (Phi) is 13.5. The zero-order valence-corrected chi connectivity index (χ0v) is 29.0. The average molecular weight is 684 g/mol. The Balaban J connectivity index is 1.45. The number of amides is 3. The molecule has 4 rings (SSSR count). The van der Waals surface area contributed by atoms with Crippen LogP contribution in [0.4, 0.5) is 11.4 Å². The van der Waals surface area contributed by atoms with E-state index in [1.165, 1.54) is 39.2 Å². The number of rotatable bonds is 16. The third kappa shape index (κ3) is 10.5. The molecule has 0 aliphatic carbocycles. The van der Waals surface area contributed by atoms with Crippen LogP contribution in [0.25, 0.3) is 6.08 Å². The minimum atomic E-state index is -0.548. The standard InChI is InChI=1S/C38H41N3O7S/c1-6-7-21-48-30-17-13-28(14-18-30)39-36(42)25(2)49-31-19-15-29(16-20-31)40-38(44)32(41-37(43)27-11-9-8-10-12-27)22-26-23-33(45-3)35(47-5)34(24-26)46-4/h8-20,22-25H,6-7,21H2,1-5H3,(H,39,42)(H,40,44)(H,41,43)/b32-22-. The summed E-state index contributed by atoms with van der Waals surface area (Å²) in [6, 6.07) is 26.4. The Bertz CT molecular complexity index is 1720. The van der Waals surface area contributed by atoms with Gasteiger partial charge in [0.15, 0.2) is 11.5 Å². The maximum Gasteiger partial charge on any atom is 0.272 e. The minimum Gasteiger partial charge on any atom is -0.494 e. The number of anilines is 2. The smallest absolute Gasteiger partial charge is 0.272 e. The van der Waals surface area contributed by atoms with Crippen LogP contribution >= 0.6 is 11.8 Å². The fraction of sp³-hybridized carbons (Fsp3) is 0.237. The van der Waals surface area contributed by atoms with Gasteiger partial charge >= 0.3 is 0 Å². The van der Waals surface area contributed by atoms with Crippen molar-refractivity contribution in [1.82, 2.24) is 5.32 Å². The average Bonchev–Trinajstić information content (AvgIpc) is 3.12.